The molecule has 0 aliphatic heterocycles. The van der Waals surface area contributed by atoms with E-state index in [0.717, 1.165) is 23.7 Å². The van der Waals surface area contributed by atoms with E-state index in [1.54, 1.807) is 17.8 Å². The number of nitrogens with one attached hydrogen (secondary N) is 1. The number of amides is 1. The fourth-order valence-corrected chi connectivity index (χ4v) is 4.44. The van der Waals surface area contributed by atoms with Gasteiger partial charge in [-0.2, -0.15) is 0 Å². The Hall–Kier alpha value is -1.68. The van der Waals surface area contributed by atoms with Crippen LogP contribution in [0.5, 0.6) is 0 Å². The zero-order chi connectivity index (χ0) is 18.5. The van der Waals surface area contributed by atoms with Gasteiger partial charge in [0.2, 0.25) is 0 Å². The molecule has 1 aromatic heterocycles. The molecule has 26 heavy (non-hydrogen) atoms. The van der Waals surface area contributed by atoms with Gasteiger partial charge in [-0.05, 0) is 42.9 Å². The number of thioether (sulfide) groups is 1. The van der Waals surface area contributed by atoms with Crippen LogP contribution in [0.3, 0.4) is 0 Å². The Balaban J connectivity index is 1.49. The fourth-order valence-electron chi connectivity index (χ4n) is 3.56. The van der Waals surface area contributed by atoms with Gasteiger partial charge in [-0.15, -0.1) is 11.8 Å². The summed E-state index contributed by atoms with van der Waals surface area (Å²) in [5, 5.41) is 3.18. The van der Waals surface area contributed by atoms with E-state index in [1.807, 2.05) is 6.07 Å². The van der Waals surface area contributed by atoms with Crippen LogP contribution in [0.4, 0.5) is 0 Å². The molecule has 1 aliphatic carbocycles. The Kier molecular flexibility index (Phi) is 6.47. The predicted octanol–water partition coefficient (Wildman–Crippen LogP) is 5.58. The standard InChI is InChI=1S/C22H29NO2S/c1-15-7-9-18(10-8-15)13-26-14-19-11-12-21(25-19)22(24)23-20-6-4-5-16(2)17(20)3/h7-12,16-17,20H,4-6,13-14H2,1-3H3,(H,23,24)/t16-,17+,20-/m1/s1. The molecule has 140 valence electrons. The molecule has 2 aromatic rings. The highest BCUT2D eigenvalue weighted by Crippen LogP contribution is 2.29. The number of rotatable bonds is 6. The maximum atomic E-state index is 12.5. The fraction of sp³-hybridized carbons (Fsp3) is 0.500. The first kappa shape index (κ1) is 19.1. The third-order valence-corrected chi connectivity index (χ3v) is 6.57. The molecule has 0 spiro atoms. The summed E-state index contributed by atoms with van der Waals surface area (Å²) in [5.74, 6) is 4.12. The zero-order valence-corrected chi connectivity index (χ0v) is 16.8. The molecule has 1 heterocycles. The minimum Gasteiger partial charge on any atom is -0.455 e. The second kappa shape index (κ2) is 8.81. The van der Waals surface area contributed by atoms with E-state index in [4.69, 9.17) is 4.42 Å². The van der Waals surface area contributed by atoms with Crippen molar-refractivity contribution in [1.29, 1.82) is 0 Å². The van der Waals surface area contributed by atoms with Crippen LogP contribution in [0.1, 0.15) is 60.6 Å². The minimum atomic E-state index is -0.0780. The lowest BCUT2D eigenvalue weighted by atomic mass is 9.78. The van der Waals surface area contributed by atoms with Crippen LogP contribution in [-0.2, 0) is 11.5 Å². The van der Waals surface area contributed by atoms with Gasteiger partial charge in [0.25, 0.3) is 5.91 Å². The summed E-state index contributed by atoms with van der Waals surface area (Å²) < 4.78 is 5.77. The van der Waals surface area contributed by atoms with Crippen LogP contribution < -0.4 is 5.32 Å². The highest BCUT2D eigenvalue weighted by Gasteiger charge is 2.29. The normalized spacial score (nSPS) is 23.0. The van der Waals surface area contributed by atoms with Crippen molar-refractivity contribution in [1.82, 2.24) is 5.32 Å². The Morgan fingerprint density at radius 2 is 1.88 bits per heavy atom. The number of hydrogen-bond donors (Lipinski definition) is 1. The van der Waals surface area contributed by atoms with Crippen LogP contribution in [0.2, 0.25) is 0 Å². The van der Waals surface area contributed by atoms with Crippen LogP contribution in [-0.4, -0.2) is 11.9 Å². The molecule has 0 saturated heterocycles. The molecule has 0 unspecified atom stereocenters. The van der Waals surface area contributed by atoms with Gasteiger partial charge in [0.05, 0.1) is 5.75 Å². The largest absolute Gasteiger partial charge is 0.455 e. The molecule has 1 saturated carbocycles. The zero-order valence-electron chi connectivity index (χ0n) is 16.0. The lowest BCUT2D eigenvalue weighted by Gasteiger charge is -2.34. The van der Waals surface area contributed by atoms with Crippen LogP contribution in [0.15, 0.2) is 40.8 Å². The van der Waals surface area contributed by atoms with E-state index in [9.17, 15) is 4.79 Å². The second-order valence-electron chi connectivity index (χ2n) is 7.59. The Morgan fingerprint density at radius 1 is 1.12 bits per heavy atom. The average Bonchev–Trinajstić information content (AvgIpc) is 3.10. The lowest BCUT2D eigenvalue weighted by molar-refractivity contribution is 0.0861. The minimum absolute atomic E-state index is 0.0780. The third-order valence-electron chi connectivity index (χ3n) is 5.54. The average molecular weight is 372 g/mol. The number of benzene rings is 1. The van der Waals surface area contributed by atoms with Crippen molar-refractivity contribution in [2.75, 3.05) is 0 Å². The van der Waals surface area contributed by atoms with E-state index >= 15 is 0 Å². The van der Waals surface area contributed by atoms with Crippen molar-refractivity contribution >= 4 is 17.7 Å². The molecular weight excluding hydrogens is 342 g/mol. The molecule has 1 aliphatic rings. The molecule has 0 bridgehead atoms. The first-order valence-electron chi connectivity index (χ1n) is 9.56. The second-order valence-corrected chi connectivity index (χ2v) is 8.58. The van der Waals surface area contributed by atoms with Gasteiger partial charge in [-0.25, -0.2) is 0 Å². The number of hydrogen-bond acceptors (Lipinski definition) is 3. The predicted molar refractivity (Wildman–Crippen MR) is 108 cm³/mol. The van der Waals surface area contributed by atoms with E-state index in [2.05, 4.69) is 50.4 Å². The lowest BCUT2D eigenvalue weighted by Crippen LogP contribution is -2.43. The summed E-state index contributed by atoms with van der Waals surface area (Å²) in [6.45, 7) is 6.62. The third kappa shape index (κ3) is 4.94. The summed E-state index contributed by atoms with van der Waals surface area (Å²) in [4.78, 5) is 12.5. The topological polar surface area (TPSA) is 42.2 Å². The van der Waals surface area contributed by atoms with Crippen molar-refractivity contribution in [3.8, 4) is 0 Å². The first-order chi connectivity index (χ1) is 12.5. The van der Waals surface area contributed by atoms with Crippen molar-refractivity contribution in [2.45, 2.75) is 57.6 Å². The smallest absolute Gasteiger partial charge is 0.287 e. The summed E-state index contributed by atoms with van der Waals surface area (Å²) in [5.41, 5.74) is 2.59. The van der Waals surface area contributed by atoms with Gasteiger partial charge in [0.1, 0.15) is 5.76 Å². The van der Waals surface area contributed by atoms with Crippen molar-refractivity contribution in [2.24, 2.45) is 11.8 Å². The molecule has 0 radical (unpaired) electrons. The van der Waals surface area contributed by atoms with E-state index in [1.165, 1.54) is 24.0 Å². The number of carbonyl (C=O) groups is 1. The summed E-state index contributed by atoms with van der Waals surface area (Å²) in [6.07, 6.45) is 3.52. The van der Waals surface area contributed by atoms with E-state index in [0.29, 0.717) is 17.6 Å². The number of carbonyl (C=O) groups excluding carboxylic acids is 1. The quantitative estimate of drug-likeness (QED) is 0.721. The van der Waals surface area contributed by atoms with Gasteiger partial charge in [0, 0.05) is 11.8 Å². The maximum absolute atomic E-state index is 12.5. The SMILES string of the molecule is Cc1ccc(CSCc2ccc(C(=O)N[C@@H]3CCC[C@@H](C)[C@@H]3C)o2)cc1. The maximum Gasteiger partial charge on any atom is 0.287 e. The summed E-state index contributed by atoms with van der Waals surface area (Å²) >= 11 is 1.80. The highest BCUT2D eigenvalue weighted by atomic mass is 32.2. The number of aryl methyl sites for hydroxylation is 1. The first-order valence-corrected chi connectivity index (χ1v) is 10.7. The molecule has 3 atom stereocenters. The van der Waals surface area contributed by atoms with Gasteiger partial charge < -0.3 is 9.73 Å². The highest BCUT2D eigenvalue weighted by molar-refractivity contribution is 7.97. The molecule has 1 fully saturated rings. The van der Waals surface area contributed by atoms with Gasteiger partial charge in [-0.1, -0.05) is 56.5 Å². The van der Waals surface area contributed by atoms with Crippen LogP contribution in [0.25, 0.3) is 0 Å². The van der Waals surface area contributed by atoms with Crippen molar-refractivity contribution in [3.05, 3.63) is 59.0 Å². The van der Waals surface area contributed by atoms with E-state index in [-0.39, 0.29) is 11.9 Å². The molecular formula is C22H29NO2S. The summed E-state index contributed by atoms with van der Waals surface area (Å²) in [7, 11) is 0. The molecule has 1 amide bonds. The Labute approximate surface area is 160 Å². The van der Waals surface area contributed by atoms with Gasteiger partial charge in [0.15, 0.2) is 5.76 Å². The summed E-state index contributed by atoms with van der Waals surface area (Å²) in [6, 6.07) is 12.6. The molecule has 4 heteroatoms. The number of furan rings is 1. The van der Waals surface area contributed by atoms with Gasteiger partial charge >= 0.3 is 0 Å². The van der Waals surface area contributed by atoms with Crippen LogP contribution >= 0.6 is 11.8 Å². The molecule has 3 rings (SSSR count). The van der Waals surface area contributed by atoms with Crippen LogP contribution in [0, 0.1) is 18.8 Å². The van der Waals surface area contributed by atoms with Crippen molar-refractivity contribution < 1.29 is 9.21 Å². The molecule has 3 nitrogen and oxygen atoms in total. The van der Waals surface area contributed by atoms with Crippen molar-refractivity contribution in [3.63, 3.8) is 0 Å². The Morgan fingerprint density at radius 3 is 2.65 bits per heavy atom. The molecule has 1 aromatic carbocycles. The van der Waals surface area contributed by atoms with Gasteiger partial charge in [-0.3, -0.25) is 4.79 Å². The Bertz CT molecular complexity index is 722. The molecule has 1 N–H and O–H groups in total. The monoisotopic (exact) mass is 371 g/mol. The van der Waals surface area contributed by atoms with E-state index < -0.39 is 0 Å².